The highest BCUT2D eigenvalue weighted by molar-refractivity contribution is 6.00. The third-order valence-corrected chi connectivity index (χ3v) is 4.93. The van der Waals surface area contributed by atoms with Gasteiger partial charge in [-0.2, -0.15) is 0 Å². The SMILES string of the molecule is Cc1cccc(COc2cccc(C)c2CN(C=O)C2CCC(=O)NC2=O)c1. The molecule has 1 heterocycles. The lowest BCUT2D eigenvalue weighted by Gasteiger charge is -2.30. The number of rotatable bonds is 7. The van der Waals surface area contributed by atoms with Crippen LogP contribution in [0.25, 0.3) is 0 Å². The molecule has 0 saturated carbocycles. The summed E-state index contributed by atoms with van der Waals surface area (Å²) in [6, 6.07) is 13.2. The topological polar surface area (TPSA) is 75.7 Å². The van der Waals surface area contributed by atoms with E-state index < -0.39 is 11.9 Å². The Hall–Kier alpha value is -3.15. The summed E-state index contributed by atoms with van der Waals surface area (Å²) in [6.45, 7) is 4.63. The van der Waals surface area contributed by atoms with Crippen molar-refractivity contribution in [1.82, 2.24) is 10.2 Å². The average molecular weight is 380 g/mol. The number of carbonyl (C=O) groups excluding carboxylic acids is 3. The van der Waals surface area contributed by atoms with Gasteiger partial charge in [-0.15, -0.1) is 0 Å². The van der Waals surface area contributed by atoms with E-state index in [0.29, 0.717) is 25.2 Å². The fraction of sp³-hybridized carbons (Fsp3) is 0.318. The number of ether oxygens (including phenoxy) is 1. The lowest BCUT2D eigenvalue weighted by molar-refractivity contribution is -0.141. The number of carbonyl (C=O) groups is 3. The van der Waals surface area contributed by atoms with Gasteiger partial charge in [0.2, 0.25) is 18.2 Å². The van der Waals surface area contributed by atoms with Crippen molar-refractivity contribution in [2.24, 2.45) is 0 Å². The summed E-state index contributed by atoms with van der Waals surface area (Å²) in [5.74, 6) is -0.0509. The summed E-state index contributed by atoms with van der Waals surface area (Å²) in [6.07, 6.45) is 1.22. The van der Waals surface area contributed by atoms with E-state index in [1.807, 2.05) is 50.2 Å². The smallest absolute Gasteiger partial charge is 0.249 e. The average Bonchev–Trinajstić information content (AvgIpc) is 2.66. The van der Waals surface area contributed by atoms with Crippen LogP contribution in [0.15, 0.2) is 42.5 Å². The van der Waals surface area contributed by atoms with Gasteiger partial charge in [0.25, 0.3) is 0 Å². The molecule has 0 radical (unpaired) electrons. The number of hydrogen-bond acceptors (Lipinski definition) is 4. The highest BCUT2D eigenvalue weighted by Crippen LogP contribution is 2.26. The van der Waals surface area contributed by atoms with Crippen molar-refractivity contribution < 1.29 is 19.1 Å². The van der Waals surface area contributed by atoms with Crippen LogP contribution >= 0.6 is 0 Å². The van der Waals surface area contributed by atoms with Crippen molar-refractivity contribution in [3.8, 4) is 5.75 Å². The minimum atomic E-state index is -0.653. The zero-order valence-electron chi connectivity index (χ0n) is 16.1. The number of amides is 3. The molecule has 1 fully saturated rings. The second-order valence-electron chi connectivity index (χ2n) is 7.07. The van der Waals surface area contributed by atoms with Gasteiger partial charge in [0.05, 0.1) is 6.54 Å². The minimum Gasteiger partial charge on any atom is -0.489 e. The Kier molecular flexibility index (Phi) is 6.09. The van der Waals surface area contributed by atoms with Crippen molar-refractivity contribution in [2.75, 3.05) is 0 Å². The molecule has 1 aliphatic rings. The molecule has 0 aromatic heterocycles. The van der Waals surface area contributed by atoms with Crippen molar-refractivity contribution in [1.29, 1.82) is 0 Å². The number of nitrogens with zero attached hydrogens (tertiary/aromatic N) is 1. The molecule has 0 aliphatic carbocycles. The Morgan fingerprint density at radius 3 is 2.68 bits per heavy atom. The molecule has 1 atom stereocenters. The van der Waals surface area contributed by atoms with Crippen LogP contribution in [0.4, 0.5) is 0 Å². The normalized spacial score (nSPS) is 16.4. The van der Waals surface area contributed by atoms with Gasteiger partial charge in [-0.05, 0) is 37.5 Å². The van der Waals surface area contributed by atoms with Gasteiger partial charge in [-0.3, -0.25) is 19.7 Å². The lowest BCUT2D eigenvalue weighted by atomic mass is 10.0. The maximum Gasteiger partial charge on any atom is 0.249 e. The molecule has 6 nitrogen and oxygen atoms in total. The van der Waals surface area contributed by atoms with Crippen LogP contribution in [0.3, 0.4) is 0 Å². The molecule has 146 valence electrons. The number of benzene rings is 2. The third kappa shape index (κ3) is 4.57. The van der Waals surface area contributed by atoms with Crippen molar-refractivity contribution in [3.05, 3.63) is 64.7 Å². The molecular formula is C22H24N2O4. The summed E-state index contributed by atoms with van der Waals surface area (Å²) in [4.78, 5) is 36.7. The summed E-state index contributed by atoms with van der Waals surface area (Å²) in [7, 11) is 0. The highest BCUT2D eigenvalue weighted by atomic mass is 16.5. The molecule has 2 aromatic rings. The van der Waals surface area contributed by atoms with E-state index in [4.69, 9.17) is 4.74 Å². The highest BCUT2D eigenvalue weighted by Gasteiger charge is 2.31. The Balaban J connectivity index is 1.78. The molecule has 3 rings (SSSR count). The van der Waals surface area contributed by atoms with E-state index in [0.717, 1.165) is 22.3 Å². The van der Waals surface area contributed by atoms with E-state index >= 15 is 0 Å². The van der Waals surface area contributed by atoms with Gasteiger partial charge in [0, 0.05) is 12.0 Å². The van der Waals surface area contributed by atoms with Gasteiger partial charge >= 0.3 is 0 Å². The maximum atomic E-state index is 12.1. The first-order valence-electron chi connectivity index (χ1n) is 9.29. The number of hydrogen-bond donors (Lipinski definition) is 1. The standard InChI is InChI=1S/C22H24N2O4/c1-15-5-3-7-17(11-15)13-28-20-8-4-6-16(2)18(20)12-24(14-25)19-9-10-21(26)23-22(19)27/h3-8,11,14,19H,9-10,12-13H2,1-2H3,(H,23,26,27). The summed E-state index contributed by atoms with van der Waals surface area (Å²) in [5.41, 5.74) is 4.05. The summed E-state index contributed by atoms with van der Waals surface area (Å²) >= 11 is 0. The third-order valence-electron chi connectivity index (χ3n) is 4.93. The Morgan fingerprint density at radius 1 is 1.18 bits per heavy atom. The van der Waals surface area contributed by atoms with Crippen LogP contribution in [0, 0.1) is 13.8 Å². The van der Waals surface area contributed by atoms with Crippen LogP contribution < -0.4 is 10.1 Å². The second-order valence-corrected chi connectivity index (χ2v) is 7.07. The fourth-order valence-corrected chi connectivity index (χ4v) is 3.38. The Bertz CT molecular complexity index is 894. The van der Waals surface area contributed by atoms with Gasteiger partial charge in [-0.25, -0.2) is 0 Å². The molecule has 2 aromatic carbocycles. The Morgan fingerprint density at radius 2 is 1.96 bits per heavy atom. The van der Waals surface area contributed by atoms with E-state index in [2.05, 4.69) is 11.4 Å². The summed E-state index contributed by atoms with van der Waals surface area (Å²) in [5, 5.41) is 2.30. The van der Waals surface area contributed by atoms with Crippen LogP contribution in [0.1, 0.15) is 35.1 Å². The van der Waals surface area contributed by atoms with Gasteiger partial charge in [0.1, 0.15) is 18.4 Å². The second kappa shape index (κ2) is 8.69. The first-order valence-corrected chi connectivity index (χ1v) is 9.29. The fourth-order valence-electron chi connectivity index (χ4n) is 3.38. The summed E-state index contributed by atoms with van der Waals surface area (Å²) < 4.78 is 6.04. The monoisotopic (exact) mass is 380 g/mol. The van der Waals surface area contributed by atoms with E-state index in [1.165, 1.54) is 4.90 Å². The molecule has 0 bridgehead atoms. The number of imide groups is 1. The first kappa shape index (κ1) is 19.6. The van der Waals surface area contributed by atoms with Crippen LogP contribution in [-0.2, 0) is 27.5 Å². The molecular weight excluding hydrogens is 356 g/mol. The molecule has 0 spiro atoms. The number of piperidine rings is 1. The molecule has 1 aliphatic heterocycles. The molecule has 1 unspecified atom stereocenters. The van der Waals surface area contributed by atoms with E-state index in [-0.39, 0.29) is 18.9 Å². The Labute approximate surface area is 164 Å². The van der Waals surface area contributed by atoms with Gasteiger partial charge < -0.3 is 9.64 Å². The van der Waals surface area contributed by atoms with Crippen LogP contribution in [0.2, 0.25) is 0 Å². The van der Waals surface area contributed by atoms with Gasteiger partial charge in [-0.1, -0.05) is 42.0 Å². The molecule has 6 heteroatoms. The molecule has 28 heavy (non-hydrogen) atoms. The molecule has 3 amide bonds. The quantitative estimate of drug-likeness (QED) is 0.592. The zero-order valence-corrected chi connectivity index (χ0v) is 16.1. The number of nitrogens with one attached hydrogen (secondary N) is 1. The largest absolute Gasteiger partial charge is 0.489 e. The lowest BCUT2D eigenvalue weighted by Crippen LogP contribution is -2.51. The minimum absolute atomic E-state index is 0.227. The van der Waals surface area contributed by atoms with Crippen molar-refractivity contribution in [3.63, 3.8) is 0 Å². The predicted octanol–water partition coefficient (Wildman–Crippen LogP) is 2.65. The first-order chi connectivity index (χ1) is 13.5. The zero-order chi connectivity index (χ0) is 20.1. The number of aryl methyl sites for hydroxylation is 2. The van der Waals surface area contributed by atoms with E-state index in [1.54, 1.807) is 0 Å². The molecule has 1 saturated heterocycles. The predicted molar refractivity (Wildman–Crippen MR) is 104 cm³/mol. The molecule has 1 N–H and O–H groups in total. The maximum absolute atomic E-state index is 12.1. The van der Waals surface area contributed by atoms with Crippen molar-refractivity contribution >= 4 is 18.2 Å². The van der Waals surface area contributed by atoms with Gasteiger partial charge in [0.15, 0.2) is 0 Å². The van der Waals surface area contributed by atoms with Crippen LogP contribution in [0.5, 0.6) is 5.75 Å². The van der Waals surface area contributed by atoms with Crippen LogP contribution in [-0.4, -0.2) is 29.2 Å². The van der Waals surface area contributed by atoms with E-state index in [9.17, 15) is 14.4 Å². The van der Waals surface area contributed by atoms with Crippen molar-refractivity contribution in [2.45, 2.75) is 45.9 Å².